The first-order valence-electron chi connectivity index (χ1n) is 9.39. The number of likely N-dealkylation sites (tertiary alicyclic amines) is 1. The number of hydrogen-bond donors (Lipinski definition) is 2. The topological polar surface area (TPSA) is 70.7 Å². The molecule has 29 heavy (non-hydrogen) atoms. The maximum absolute atomic E-state index is 12.4. The monoisotopic (exact) mass is 409 g/mol. The molecule has 2 N–H and O–H groups in total. The second-order valence-corrected chi connectivity index (χ2v) is 7.00. The predicted molar refractivity (Wildman–Crippen MR) is 118 cm³/mol. The van der Waals surface area contributed by atoms with E-state index in [0.29, 0.717) is 17.0 Å². The van der Waals surface area contributed by atoms with Gasteiger partial charge >= 0.3 is 0 Å². The van der Waals surface area contributed by atoms with Gasteiger partial charge in [0.2, 0.25) is 5.91 Å². The van der Waals surface area contributed by atoms with Crippen molar-refractivity contribution in [3.63, 3.8) is 0 Å². The molecular weight excluding hydrogens is 386 g/mol. The molecule has 2 aromatic carbocycles. The molecule has 1 heterocycles. The van der Waals surface area contributed by atoms with Gasteiger partial charge in [-0.3, -0.25) is 14.9 Å². The fourth-order valence-corrected chi connectivity index (χ4v) is 3.30. The normalized spacial score (nSPS) is 13.3. The summed E-state index contributed by atoms with van der Waals surface area (Å²) in [5.74, 6) is 0.376. The van der Waals surface area contributed by atoms with Crippen LogP contribution in [0.5, 0.6) is 5.75 Å². The van der Waals surface area contributed by atoms with E-state index in [2.05, 4.69) is 10.6 Å². The molecule has 1 aliphatic heterocycles. The molecule has 1 aliphatic rings. The molecule has 0 aromatic heterocycles. The molecule has 2 amide bonds. The average molecular weight is 410 g/mol. The molecule has 0 atom stereocenters. The van der Waals surface area contributed by atoms with Crippen molar-refractivity contribution in [3.05, 3.63) is 65.7 Å². The summed E-state index contributed by atoms with van der Waals surface area (Å²) >= 11 is 5.19. The number of benzene rings is 2. The van der Waals surface area contributed by atoms with Gasteiger partial charge in [0.25, 0.3) is 5.91 Å². The lowest BCUT2D eigenvalue weighted by Crippen LogP contribution is -2.32. The minimum absolute atomic E-state index is 0.0476. The molecule has 0 unspecified atom stereocenters. The minimum atomic E-state index is -0.353. The molecule has 0 aliphatic carbocycles. The van der Waals surface area contributed by atoms with Crippen LogP contribution in [0.4, 0.5) is 5.69 Å². The number of carbonyl (C=O) groups is 2. The van der Waals surface area contributed by atoms with Crippen molar-refractivity contribution in [2.75, 3.05) is 25.5 Å². The van der Waals surface area contributed by atoms with Crippen molar-refractivity contribution >= 4 is 40.9 Å². The Bertz CT molecular complexity index is 919. The van der Waals surface area contributed by atoms with Crippen LogP contribution in [0.1, 0.15) is 28.8 Å². The van der Waals surface area contributed by atoms with Crippen molar-refractivity contribution in [3.8, 4) is 5.75 Å². The molecule has 0 saturated carbocycles. The Kier molecular flexibility index (Phi) is 6.97. The van der Waals surface area contributed by atoms with E-state index in [-0.39, 0.29) is 16.9 Å². The first-order valence-corrected chi connectivity index (χ1v) is 9.80. The number of anilines is 1. The van der Waals surface area contributed by atoms with Crippen LogP contribution in [0.2, 0.25) is 0 Å². The summed E-state index contributed by atoms with van der Waals surface area (Å²) < 4.78 is 5.25. The molecule has 150 valence electrons. The summed E-state index contributed by atoms with van der Waals surface area (Å²) in [5, 5.41) is 5.72. The van der Waals surface area contributed by atoms with Crippen LogP contribution in [0.3, 0.4) is 0 Å². The summed E-state index contributed by atoms with van der Waals surface area (Å²) in [6.45, 7) is 1.63. The molecule has 7 heteroatoms. The first-order chi connectivity index (χ1) is 14.1. The summed E-state index contributed by atoms with van der Waals surface area (Å²) in [4.78, 5) is 26.3. The Morgan fingerprint density at radius 2 is 1.76 bits per heavy atom. The molecule has 0 radical (unpaired) electrons. The standard InChI is InChI=1S/C22H23N3O3S/c1-28-19-7-3-2-6-16(19)10-13-20(26)24-22(29)23-18-11-8-17(9-12-18)21(27)25-14-4-5-15-25/h2-3,6-13H,4-5,14-15H2,1H3,(H2,23,24,26,29)/b13-10+. The predicted octanol–water partition coefficient (Wildman–Crippen LogP) is 3.46. The fraction of sp³-hybridized carbons (Fsp3) is 0.227. The molecular formula is C22H23N3O3S. The third-order valence-corrected chi connectivity index (χ3v) is 4.78. The van der Waals surface area contributed by atoms with E-state index in [4.69, 9.17) is 17.0 Å². The number of amides is 2. The number of methoxy groups -OCH3 is 1. The highest BCUT2D eigenvalue weighted by atomic mass is 32.1. The van der Waals surface area contributed by atoms with Crippen LogP contribution in [-0.4, -0.2) is 42.0 Å². The largest absolute Gasteiger partial charge is 0.496 e. The first kappa shape index (κ1) is 20.5. The lowest BCUT2D eigenvalue weighted by atomic mass is 10.2. The van der Waals surface area contributed by atoms with Crippen LogP contribution in [0.25, 0.3) is 6.08 Å². The Balaban J connectivity index is 1.52. The minimum Gasteiger partial charge on any atom is -0.496 e. The van der Waals surface area contributed by atoms with Crippen molar-refractivity contribution in [2.45, 2.75) is 12.8 Å². The van der Waals surface area contributed by atoms with Gasteiger partial charge in [-0.15, -0.1) is 0 Å². The maximum atomic E-state index is 12.4. The highest BCUT2D eigenvalue weighted by molar-refractivity contribution is 7.80. The fourth-order valence-electron chi connectivity index (χ4n) is 3.08. The summed E-state index contributed by atoms with van der Waals surface area (Å²) in [6.07, 6.45) is 5.18. The highest BCUT2D eigenvalue weighted by Crippen LogP contribution is 2.18. The number of nitrogens with one attached hydrogen (secondary N) is 2. The lowest BCUT2D eigenvalue weighted by Gasteiger charge is -2.15. The number of nitrogens with zero attached hydrogens (tertiary/aromatic N) is 1. The van der Waals surface area contributed by atoms with Gasteiger partial charge in [0.05, 0.1) is 7.11 Å². The van der Waals surface area contributed by atoms with Gasteiger partial charge in [0.1, 0.15) is 5.75 Å². The van der Waals surface area contributed by atoms with Gasteiger partial charge < -0.3 is 15.0 Å². The van der Waals surface area contributed by atoms with E-state index in [1.165, 1.54) is 6.08 Å². The van der Waals surface area contributed by atoms with Crippen molar-refractivity contribution < 1.29 is 14.3 Å². The van der Waals surface area contributed by atoms with Gasteiger partial charge in [-0.1, -0.05) is 18.2 Å². The van der Waals surface area contributed by atoms with Gasteiger partial charge in [-0.05, 0) is 61.5 Å². The second-order valence-electron chi connectivity index (χ2n) is 6.60. The Labute approximate surface area is 175 Å². The average Bonchev–Trinajstić information content (AvgIpc) is 3.27. The van der Waals surface area contributed by atoms with Crippen LogP contribution in [0, 0.1) is 0 Å². The van der Waals surface area contributed by atoms with Gasteiger partial charge in [-0.25, -0.2) is 0 Å². The van der Waals surface area contributed by atoms with E-state index in [9.17, 15) is 9.59 Å². The van der Waals surface area contributed by atoms with Gasteiger partial charge in [0, 0.05) is 36.0 Å². The van der Waals surface area contributed by atoms with E-state index in [1.807, 2.05) is 29.2 Å². The summed E-state index contributed by atoms with van der Waals surface area (Å²) in [7, 11) is 1.58. The molecule has 1 fully saturated rings. The van der Waals surface area contributed by atoms with E-state index >= 15 is 0 Å². The number of rotatable bonds is 5. The van der Waals surface area contributed by atoms with Crippen molar-refractivity contribution in [1.29, 1.82) is 0 Å². The van der Waals surface area contributed by atoms with E-state index in [0.717, 1.165) is 31.5 Å². The van der Waals surface area contributed by atoms with Crippen LogP contribution >= 0.6 is 12.2 Å². The van der Waals surface area contributed by atoms with E-state index in [1.54, 1.807) is 37.5 Å². The summed E-state index contributed by atoms with van der Waals surface area (Å²) in [6, 6.07) is 14.5. The molecule has 2 aromatic rings. The maximum Gasteiger partial charge on any atom is 0.253 e. The lowest BCUT2D eigenvalue weighted by molar-refractivity contribution is -0.115. The van der Waals surface area contributed by atoms with Gasteiger partial charge in [-0.2, -0.15) is 0 Å². The van der Waals surface area contributed by atoms with Crippen LogP contribution < -0.4 is 15.4 Å². The molecule has 0 bridgehead atoms. The quantitative estimate of drug-likeness (QED) is 0.585. The van der Waals surface area contributed by atoms with Crippen molar-refractivity contribution in [2.24, 2.45) is 0 Å². The van der Waals surface area contributed by atoms with Crippen LogP contribution in [-0.2, 0) is 4.79 Å². The zero-order valence-corrected chi connectivity index (χ0v) is 17.0. The number of carbonyl (C=O) groups excluding carboxylic acids is 2. The third-order valence-electron chi connectivity index (χ3n) is 4.57. The Morgan fingerprint density at radius 1 is 1.07 bits per heavy atom. The van der Waals surface area contributed by atoms with Crippen molar-refractivity contribution in [1.82, 2.24) is 10.2 Å². The molecule has 0 spiro atoms. The number of ether oxygens (including phenoxy) is 1. The Morgan fingerprint density at radius 3 is 2.45 bits per heavy atom. The number of para-hydroxylation sites is 1. The molecule has 1 saturated heterocycles. The molecule has 6 nitrogen and oxygen atoms in total. The third kappa shape index (κ3) is 5.65. The SMILES string of the molecule is COc1ccccc1/C=C/C(=O)NC(=S)Nc1ccc(C(=O)N2CCCC2)cc1. The summed E-state index contributed by atoms with van der Waals surface area (Å²) in [5.41, 5.74) is 2.14. The highest BCUT2D eigenvalue weighted by Gasteiger charge is 2.19. The van der Waals surface area contributed by atoms with E-state index < -0.39 is 0 Å². The second kappa shape index (κ2) is 9.84. The molecule has 3 rings (SSSR count). The smallest absolute Gasteiger partial charge is 0.253 e. The van der Waals surface area contributed by atoms with Gasteiger partial charge in [0.15, 0.2) is 5.11 Å². The number of thiocarbonyl (C=S) groups is 1. The Hall–Kier alpha value is -3.19. The zero-order chi connectivity index (χ0) is 20.6. The number of hydrogen-bond acceptors (Lipinski definition) is 4. The zero-order valence-electron chi connectivity index (χ0n) is 16.2. The van der Waals surface area contributed by atoms with Crippen LogP contribution in [0.15, 0.2) is 54.6 Å².